The zero-order chi connectivity index (χ0) is 16.1. The zero-order valence-electron chi connectivity index (χ0n) is 12.8. The fourth-order valence-electron chi connectivity index (χ4n) is 2.61. The topological polar surface area (TPSA) is 48.3 Å². The minimum atomic E-state index is 0.558. The fourth-order valence-corrected chi connectivity index (χ4v) is 2.78. The number of nitrogens with one attached hydrogen (secondary N) is 1. The van der Waals surface area contributed by atoms with Crippen LogP contribution in [0.5, 0.6) is 0 Å². The van der Waals surface area contributed by atoms with Crippen LogP contribution < -0.4 is 10.2 Å². The number of nitrogens with zero attached hydrogens (tertiary/aromatic N) is 2. The van der Waals surface area contributed by atoms with E-state index in [4.69, 9.17) is 21.6 Å². The van der Waals surface area contributed by atoms with Gasteiger partial charge in [0.2, 0.25) is 0 Å². The van der Waals surface area contributed by atoms with Crippen molar-refractivity contribution in [2.45, 2.75) is 6.54 Å². The first kappa shape index (κ1) is 15.7. The van der Waals surface area contributed by atoms with E-state index in [2.05, 4.69) is 40.6 Å². The summed E-state index contributed by atoms with van der Waals surface area (Å²) >= 11 is 5.91. The summed E-state index contributed by atoms with van der Waals surface area (Å²) in [7, 11) is 0. The molecule has 2 aromatic rings. The SMILES string of the molecule is N#Cc1cc(Cl)ccc1NCc1ccc(N2CCOCC2)cc1. The number of morpholine rings is 1. The van der Waals surface area contributed by atoms with Gasteiger partial charge in [0.05, 0.1) is 24.5 Å². The van der Waals surface area contributed by atoms with Gasteiger partial charge in [-0.2, -0.15) is 5.26 Å². The van der Waals surface area contributed by atoms with Crippen LogP contribution in [0.1, 0.15) is 11.1 Å². The molecule has 0 saturated carbocycles. The lowest BCUT2D eigenvalue weighted by Gasteiger charge is -2.28. The van der Waals surface area contributed by atoms with Crippen molar-refractivity contribution in [2.75, 3.05) is 36.5 Å². The molecular weight excluding hydrogens is 310 g/mol. The van der Waals surface area contributed by atoms with E-state index in [-0.39, 0.29) is 0 Å². The second-order valence-corrected chi connectivity index (χ2v) is 5.86. The molecule has 0 amide bonds. The number of rotatable bonds is 4. The summed E-state index contributed by atoms with van der Waals surface area (Å²) in [5.41, 5.74) is 3.75. The molecule has 1 aliphatic rings. The Balaban J connectivity index is 1.64. The van der Waals surface area contributed by atoms with Gasteiger partial charge < -0.3 is 15.0 Å². The highest BCUT2D eigenvalue weighted by Crippen LogP contribution is 2.21. The summed E-state index contributed by atoms with van der Waals surface area (Å²) in [5.74, 6) is 0. The summed E-state index contributed by atoms with van der Waals surface area (Å²) in [6.45, 7) is 4.12. The molecule has 0 atom stereocenters. The summed E-state index contributed by atoms with van der Waals surface area (Å²) in [6.07, 6.45) is 0. The minimum absolute atomic E-state index is 0.558. The van der Waals surface area contributed by atoms with E-state index < -0.39 is 0 Å². The molecule has 0 aliphatic carbocycles. The molecule has 0 unspecified atom stereocenters. The second kappa shape index (κ2) is 7.36. The van der Waals surface area contributed by atoms with E-state index in [1.807, 2.05) is 6.07 Å². The van der Waals surface area contributed by atoms with Crippen molar-refractivity contribution in [1.29, 1.82) is 5.26 Å². The Hall–Kier alpha value is -2.22. The monoisotopic (exact) mass is 327 g/mol. The van der Waals surface area contributed by atoms with E-state index in [1.54, 1.807) is 12.1 Å². The van der Waals surface area contributed by atoms with Crippen molar-refractivity contribution in [3.63, 3.8) is 0 Å². The lowest BCUT2D eigenvalue weighted by Crippen LogP contribution is -2.36. The smallest absolute Gasteiger partial charge is 0.101 e. The third-order valence-corrected chi connectivity index (χ3v) is 4.13. The molecule has 0 aromatic heterocycles. The molecule has 1 fully saturated rings. The first-order valence-electron chi connectivity index (χ1n) is 7.61. The third-order valence-electron chi connectivity index (χ3n) is 3.90. The molecule has 5 heteroatoms. The van der Waals surface area contributed by atoms with Gasteiger partial charge in [0.1, 0.15) is 6.07 Å². The highest BCUT2D eigenvalue weighted by molar-refractivity contribution is 6.30. The number of hydrogen-bond acceptors (Lipinski definition) is 4. The van der Waals surface area contributed by atoms with Crippen LogP contribution in [0.3, 0.4) is 0 Å². The van der Waals surface area contributed by atoms with Crippen LogP contribution in [0.4, 0.5) is 11.4 Å². The lowest BCUT2D eigenvalue weighted by molar-refractivity contribution is 0.122. The standard InChI is InChI=1S/C18H18ClN3O/c19-16-3-6-18(15(11-16)12-20)21-13-14-1-4-17(5-2-14)22-7-9-23-10-8-22/h1-6,11,21H,7-10,13H2. The molecular formula is C18H18ClN3O. The number of hydrogen-bond donors (Lipinski definition) is 1. The number of halogens is 1. The number of ether oxygens (including phenoxy) is 1. The van der Waals surface area contributed by atoms with Gasteiger partial charge in [-0.25, -0.2) is 0 Å². The van der Waals surface area contributed by atoms with Crippen molar-refractivity contribution < 1.29 is 4.74 Å². The summed E-state index contributed by atoms with van der Waals surface area (Å²) in [4.78, 5) is 2.33. The maximum Gasteiger partial charge on any atom is 0.101 e. The molecule has 0 radical (unpaired) electrons. The largest absolute Gasteiger partial charge is 0.380 e. The van der Waals surface area contributed by atoms with Gasteiger partial charge in [0.25, 0.3) is 0 Å². The van der Waals surface area contributed by atoms with Gasteiger partial charge in [0.15, 0.2) is 0 Å². The first-order chi connectivity index (χ1) is 11.3. The highest BCUT2D eigenvalue weighted by atomic mass is 35.5. The van der Waals surface area contributed by atoms with E-state index in [9.17, 15) is 0 Å². The average Bonchev–Trinajstić information content (AvgIpc) is 2.62. The van der Waals surface area contributed by atoms with E-state index in [0.29, 0.717) is 17.1 Å². The van der Waals surface area contributed by atoms with Crippen LogP contribution in [0, 0.1) is 11.3 Å². The molecule has 1 heterocycles. The second-order valence-electron chi connectivity index (χ2n) is 5.42. The molecule has 118 valence electrons. The number of nitriles is 1. The Morgan fingerprint density at radius 3 is 2.57 bits per heavy atom. The average molecular weight is 328 g/mol. The molecule has 1 aliphatic heterocycles. The Kier molecular flexibility index (Phi) is 5.02. The van der Waals surface area contributed by atoms with E-state index >= 15 is 0 Å². The van der Waals surface area contributed by atoms with Crippen molar-refractivity contribution in [1.82, 2.24) is 0 Å². The predicted molar refractivity (Wildman–Crippen MR) is 93.0 cm³/mol. The van der Waals surface area contributed by atoms with E-state index in [0.717, 1.165) is 32.0 Å². The molecule has 1 saturated heterocycles. The van der Waals surface area contributed by atoms with Crippen LogP contribution in [0.15, 0.2) is 42.5 Å². The Bertz CT molecular complexity index is 703. The lowest BCUT2D eigenvalue weighted by atomic mass is 10.1. The van der Waals surface area contributed by atoms with Crippen LogP contribution in [-0.2, 0) is 11.3 Å². The van der Waals surface area contributed by atoms with Crippen molar-refractivity contribution in [3.8, 4) is 6.07 Å². The van der Waals surface area contributed by atoms with Gasteiger partial charge in [-0.3, -0.25) is 0 Å². The first-order valence-corrected chi connectivity index (χ1v) is 7.99. The summed E-state index contributed by atoms with van der Waals surface area (Å²) in [6, 6.07) is 15.9. The molecule has 4 nitrogen and oxygen atoms in total. The summed E-state index contributed by atoms with van der Waals surface area (Å²) < 4.78 is 5.38. The van der Waals surface area contributed by atoms with Crippen LogP contribution in [0.2, 0.25) is 5.02 Å². The van der Waals surface area contributed by atoms with Crippen LogP contribution >= 0.6 is 11.6 Å². The summed E-state index contributed by atoms with van der Waals surface area (Å²) in [5, 5.41) is 13.0. The van der Waals surface area contributed by atoms with Gasteiger partial charge in [0, 0.05) is 30.3 Å². The fraction of sp³-hybridized carbons (Fsp3) is 0.278. The Morgan fingerprint density at radius 2 is 1.87 bits per heavy atom. The molecule has 3 rings (SSSR count). The van der Waals surface area contributed by atoms with Crippen LogP contribution in [0.25, 0.3) is 0 Å². The quantitative estimate of drug-likeness (QED) is 0.931. The molecule has 0 spiro atoms. The van der Waals surface area contributed by atoms with Gasteiger partial charge >= 0.3 is 0 Å². The van der Waals surface area contributed by atoms with E-state index in [1.165, 1.54) is 11.3 Å². The molecule has 2 aromatic carbocycles. The van der Waals surface area contributed by atoms with Gasteiger partial charge in [-0.1, -0.05) is 23.7 Å². The molecule has 1 N–H and O–H groups in total. The number of anilines is 2. The van der Waals surface area contributed by atoms with Crippen molar-refractivity contribution >= 4 is 23.0 Å². The predicted octanol–water partition coefficient (Wildman–Crippen LogP) is 3.66. The molecule has 0 bridgehead atoms. The Morgan fingerprint density at radius 1 is 1.13 bits per heavy atom. The maximum absolute atomic E-state index is 9.16. The minimum Gasteiger partial charge on any atom is -0.380 e. The number of benzene rings is 2. The normalized spacial score (nSPS) is 14.3. The van der Waals surface area contributed by atoms with Crippen molar-refractivity contribution in [3.05, 3.63) is 58.6 Å². The van der Waals surface area contributed by atoms with Gasteiger partial charge in [-0.05, 0) is 35.9 Å². The highest BCUT2D eigenvalue weighted by Gasteiger charge is 2.10. The Labute approximate surface area is 141 Å². The maximum atomic E-state index is 9.16. The van der Waals surface area contributed by atoms with Gasteiger partial charge in [-0.15, -0.1) is 0 Å². The molecule has 23 heavy (non-hydrogen) atoms. The van der Waals surface area contributed by atoms with Crippen LogP contribution in [-0.4, -0.2) is 26.3 Å². The zero-order valence-corrected chi connectivity index (χ0v) is 13.5. The third kappa shape index (κ3) is 3.95. The van der Waals surface area contributed by atoms with Crippen molar-refractivity contribution in [2.24, 2.45) is 0 Å².